The zero-order chi connectivity index (χ0) is 6.85. The number of rotatable bonds is 1. The van der Waals surface area contributed by atoms with Crippen molar-refractivity contribution in [3.63, 3.8) is 0 Å². The van der Waals surface area contributed by atoms with Gasteiger partial charge in [0.1, 0.15) is 0 Å². The largest absolute Gasteiger partial charge is 1.00 e. The van der Waals surface area contributed by atoms with E-state index in [0.717, 1.165) is 0 Å². The van der Waals surface area contributed by atoms with Crippen LogP contribution in [-0.2, 0) is 22.1 Å². The van der Waals surface area contributed by atoms with Crippen LogP contribution in [0.15, 0.2) is 20.6 Å². The summed E-state index contributed by atoms with van der Waals surface area (Å²) in [5.41, 5.74) is 3.20. The fraction of sp³-hybridized carbons (Fsp3) is 0.429. The minimum atomic E-state index is -0.156. The zero-order valence-electron chi connectivity index (χ0n) is 7.04. The Morgan fingerprint density at radius 3 is 2.09 bits per heavy atom. The van der Waals surface area contributed by atoms with Gasteiger partial charge in [-0.1, -0.05) is 0 Å². The fourth-order valence-electron chi connectivity index (χ4n) is 1.09. The Morgan fingerprint density at radius 2 is 1.91 bits per heavy atom. The topological polar surface area (TPSA) is 0 Å². The monoisotopic (exact) mass is 374 g/mol. The van der Waals surface area contributed by atoms with Crippen LogP contribution in [0.2, 0.25) is 0 Å². The Hall–Kier alpha value is 1.15. The first kappa shape index (κ1) is 14.7. The van der Waals surface area contributed by atoms with Crippen LogP contribution in [0, 0.1) is 0 Å². The van der Waals surface area contributed by atoms with E-state index >= 15 is 0 Å². The molecule has 1 aliphatic carbocycles. The van der Waals surface area contributed by atoms with Crippen molar-refractivity contribution in [2.75, 3.05) is 0 Å². The van der Waals surface area contributed by atoms with Crippen LogP contribution in [0.3, 0.4) is 0 Å². The van der Waals surface area contributed by atoms with Gasteiger partial charge in [-0.3, -0.25) is 0 Å². The van der Waals surface area contributed by atoms with Crippen LogP contribution in [-0.4, -0.2) is 7.43 Å². The van der Waals surface area contributed by atoms with E-state index in [1.54, 1.807) is 11.1 Å². The van der Waals surface area contributed by atoms with E-state index in [1.807, 2.05) is 3.33 Å². The van der Waals surface area contributed by atoms with Crippen LogP contribution in [0.4, 0.5) is 0 Å². The molecule has 0 aromatic heterocycles. The average Bonchev–Trinajstić information content (AvgIpc) is 2.15. The first-order chi connectivity index (χ1) is 4.25. The predicted octanol–water partition coefficient (Wildman–Crippen LogP) is -5.02. The van der Waals surface area contributed by atoms with Crippen LogP contribution >= 0.6 is 0 Å². The summed E-state index contributed by atoms with van der Waals surface area (Å²) in [7, 11) is 1.51. The minimum absolute atomic E-state index is 0. The van der Waals surface area contributed by atoms with Crippen molar-refractivity contribution in [3.05, 3.63) is 20.6 Å². The second-order valence-electron chi connectivity index (χ2n) is 2.44. The summed E-state index contributed by atoms with van der Waals surface area (Å²) in [6.07, 6.45) is 3.71. The van der Waals surface area contributed by atoms with Gasteiger partial charge in [0.25, 0.3) is 0 Å². The maximum Gasteiger partial charge on any atom is -1.00 e. The molecule has 0 fully saturated rings. The van der Waals surface area contributed by atoms with Crippen LogP contribution in [0.5, 0.6) is 0 Å². The molecule has 1 aliphatic rings. The number of halogens is 2. The molecule has 0 radical (unpaired) electrons. The van der Waals surface area contributed by atoms with Crippen molar-refractivity contribution < 1.29 is 46.9 Å². The molecule has 0 spiro atoms. The van der Waals surface area contributed by atoms with E-state index in [2.05, 4.69) is 19.9 Å². The van der Waals surface area contributed by atoms with Crippen LogP contribution in [0.25, 0.3) is 0 Å². The normalized spacial score (nSPS) is 14.9. The molecular weight excluding hydrogens is 362 g/mol. The molecule has 0 bridgehead atoms. The van der Waals surface area contributed by atoms with Gasteiger partial charge in [-0.25, -0.2) is 0 Å². The summed E-state index contributed by atoms with van der Waals surface area (Å²) in [6, 6.07) is 0. The zero-order valence-corrected chi connectivity index (χ0v) is 14.1. The quantitative estimate of drug-likeness (QED) is 0.404. The standard InChI is InChI=1S/C7H9.2ClH.Hf.H3Si/c1-6-4-3-5-7(6)2;;;;/h4H,3H2,1-2H3;2*1H;;1H3/q;;;+2;/p-2. The summed E-state index contributed by atoms with van der Waals surface area (Å²) in [6.45, 7) is 4.53. The summed E-state index contributed by atoms with van der Waals surface area (Å²) in [5, 5.41) is 0. The maximum atomic E-state index is 2.38. The van der Waals surface area contributed by atoms with E-state index < -0.39 is 0 Å². The second kappa shape index (κ2) is 6.64. The first-order valence-corrected chi connectivity index (χ1v) is 16.9. The molecule has 0 unspecified atom stereocenters. The number of hydrogen-bond donors (Lipinski definition) is 0. The van der Waals surface area contributed by atoms with Crippen molar-refractivity contribution in [2.45, 2.75) is 20.3 Å². The van der Waals surface area contributed by atoms with E-state index in [0.29, 0.717) is 0 Å². The minimum Gasteiger partial charge on any atom is -1.00 e. The van der Waals surface area contributed by atoms with Gasteiger partial charge in [0.05, 0.1) is 0 Å². The molecule has 0 atom stereocenters. The predicted molar refractivity (Wildman–Crippen MR) is 41.0 cm³/mol. The van der Waals surface area contributed by atoms with Gasteiger partial charge >= 0.3 is 70.3 Å². The second-order valence-corrected chi connectivity index (χ2v) is 10.5. The molecule has 0 heterocycles. The third-order valence-corrected chi connectivity index (χ3v) is 11.1. The van der Waals surface area contributed by atoms with E-state index in [1.165, 1.54) is 13.9 Å². The average molecular weight is 374 g/mol. The molecule has 0 aromatic carbocycles. The van der Waals surface area contributed by atoms with Gasteiger partial charge in [-0.2, -0.15) is 0 Å². The summed E-state index contributed by atoms with van der Waals surface area (Å²) in [4.78, 5) is 0. The molecule has 62 valence electrons. The molecule has 0 aromatic rings. The van der Waals surface area contributed by atoms with E-state index in [9.17, 15) is 0 Å². The Morgan fingerprint density at radius 1 is 1.36 bits per heavy atom. The van der Waals surface area contributed by atoms with E-state index in [-0.39, 0.29) is 46.9 Å². The van der Waals surface area contributed by atoms with Crippen molar-refractivity contribution in [1.82, 2.24) is 0 Å². The van der Waals surface area contributed by atoms with Crippen molar-refractivity contribution in [3.8, 4) is 0 Å². The van der Waals surface area contributed by atoms with Crippen LogP contribution in [0.1, 0.15) is 20.3 Å². The van der Waals surface area contributed by atoms with Crippen molar-refractivity contribution >= 4 is 7.43 Å². The Bertz CT molecular complexity index is 187. The smallest absolute Gasteiger partial charge is 1.00 e. The van der Waals surface area contributed by atoms with Crippen molar-refractivity contribution in [2.24, 2.45) is 0 Å². The molecule has 11 heavy (non-hydrogen) atoms. The van der Waals surface area contributed by atoms with Gasteiger partial charge in [0.15, 0.2) is 0 Å². The molecule has 0 saturated carbocycles. The van der Waals surface area contributed by atoms with Gasteiger partial charge in [-0.05, 0) is 0 Å². The maximum absolute atomic E-state index is 2.38. The fourth-order valence-corrected chi connectivity index (χ4v) is 8.98. The summed E-state index contributed by atoms with van der Waals surface area (Å²) in [5.74, 6) is 0. The first-order valence-electron chi connectivity index (χ1n) is 3.30. The summed E-state index contributed by atoms with van der Waals surface area (Å²) >= 11 is -0.156. The number of hydrogen-bond acceptors (Lipinski definition) is 0. The molecule has 4 heteroatoms. The van der Waals surface area contributed by atoms with Gasteiger partial charge in [0.2, 0.25) is 0 Å². The SMILES string of the molecule is CC1=CC[C]([Hf+2][SiH3])=C1C.[Cl-].[Cl-]. The molecule has 0 saturated heterocycles. The Balaban J connectivity index is 0. The number of allylic oxidation sites excluding steroid dienone is 4. The third-order valence-electron chi connectivity index (χ3n) is 1.96. The third kappa shape index (κ3) is 3.58. The molecule has 0 amide bonds. The molecule has 0 aliphatic heterocycles. The Kier molecular flexibility index (Phi) is 8.85. The molecular formula is C7H12Cl2HfSi. The van der Waals surface area contributed by atoms with E-state index in [4.69, 9.17) is 0 Å². The van der Waals surface area contributed by atoms with Gasteiger partial charge < -0.3 is 24.8 Å². The van der Waals surface area contributed by atoms with Crippen molar-refractivity contribution in [1.29, 1.82) is 0 Å². The Labute approximate surface area is 94.5 Å². The van der Waals surface area contributed by atoms with Crippen LogP contribution < -0.4 is 24.8 Å². The molecule has 0 nitrogen and oxygen atoms in total. The molecule has 0 N–H and O–H groups in total. The molecule has 1 rings (SSSR count). The van der Waals surface area contributed by atoms with Gasteiger partial charge in [-0.15, -0.1) is 0 Å². The summed E-state index contributed by atoms with van der Waals surface area (Å²) < 4.78 is 1.87. The van der Waals surface area contributed by atoms with Gasteiger partial charge in [0, 0.05) is 0 Å².